The van der Waals surface area contributed by atoms with Crippen LogP contribution in [0.15, 0.2) is 178 Å². The monoisotopic (exact) mass is 934 g/mol. The van der Waals surface area contributed by atoms with Gasteiger partial charge in [0.15, 0.2) is 60.9 Å². The van der Waals surface area contributed by atoms with Gasteiger partial charge in [0, 0.05) is 33.4 Å². The first-order valence-corrected chi connectivity index (χ1v) is 22.3. The summed E-state index contributed by atoms with van der Waals surface area (Å²) < 4.78 is 12.3. The molecule has 4 N–H and O–H groups in total. The summed E-state index contributed by atoms with van der Waals surface area (Å²) in [5, 5.41) is 67.2. The third-order valence-electron chi connectivity index (χ3n) is 11.4. The topological polar surface area (TPSA) is 186 Å². The maximum atomic E-state index is 10.9. The minimum absolute atomic E-state index is 0.0155. The maximum absolute atomic E-state index is 10.9. The van der Waals surface area contributed by atoms with Crippen molar-refractivity contribution in [3.05, 3.63) is 191 Å². The van der Waals surface area contributed by atoms with Crippen LogP contribution in [0.5, 0.6) is 34.5 Å². The lowest BCUT2D eigenvalue weighted by Gasteiger charge is -2.14. The molecule has 0 aromatic heterocycles. The highest BCUT2D eigenvalue weighted by molar-refractivity contribution is 6.03. The molecule has 0 spiro atoms. The molecule has 0 fully saturated rings. The average Bonchev–Trinajstić information content (AvgIpc) is 3.38. The third kappa shape index (κ3) is 10.6. The number of oxime groups is 4. The van der Waals surface area contributed by atoms with Gasteiger partial charge in [-0.3, -0.25) is 0 Å². The van der Waals surface area contributed by atoms with E-state index in [9.17, 15) is 20.4 Å². The summed E-state index contributed by atoms with van der Waals surface area (Å²) in [6, 6.07) is 50.2. The Balaban J connectivity index is 0.686. The number of phenolic OH excluding ortho intramolecular Hbond substituents is 4. The number of fused-ring (bicyclic) bond motifs is 4. The third-order valence-corrected chi connectivity index (χ3v) is 11.4. The van der Waals surface area contributed by atoms with Crippen molar-refractivity contribution in [3.8, 4) is 34.5 Å². The highest BCUT2D eigenvalue weighted by Gasteiger charge is 2.14. The smallest absolute Gasteiger partial charge is 0.167 e. The summed E-state index contributed by atoms with van der Waals surface area (Å²) >= 11 is 0. The number of benzene rings is 9. The number of hydrogen-bond acceptors (Lipinski definition) is 14. The Bertz CT molecular complexity index is 3090. The molecule has 0 saturated carbocycles. The van der Waals surface area contributed by atoms with Crippen molar-refractivity contribution in [2.45, 2.75) is 13.2 Å². The van der Waals surface area contributed by atoms with E-state index >= 15 is 0 Å². The van der Waals surface area contributed by atoms with E-state index in [1.807, 2.05) is 48.5 Å². The molecule has 0 unspecified atom stereocenters. The molecular weight excluding hydrogens is 889 g/mol. The zero-order valence-electron chi connectivity index (χ0n) is 37.6. The normalized spacial score (nSPS) is 11.8. The Morgan fingerprint density at radius 3 is 0.957 bits per heavy atom. The van der Waals surface area contributed by atoms with E-state index in [1.165, 1.54) is 37.0 Å². The number of nitrogens with zero attached hydrogens (tertiary/aromatic N) is 4. The van der Waals surface area contributed by atoms with Crippen molar-refractivity contribution >= 4 is 67.9 Å². The molecule has 0 atom stereocenters. The number of aromatic hydroxyl groups is 4. The molecule has 9 aromatic rings. The van der Waals surface area contributed by atoms with Gasteiger partial charge in [-0.15, -0.1) is 0 Å². The fourth-order valence-electron chi connectivity index (χ4n) is 7.90. The molecular formula is C56H46N4O10. The minimum Gasteiger partial charge on any atom is -0.504 e. The Labute approximate surface area is 401 Å². The lowest BCUT2D eigenvalue weighted by atomic mass is 9.97. The summed E-state index contributed by atoms with van der Waals surface area (Å²) in [4.78, 5) is 21.0. The number of ether oxygens (including phenoxy) is 2. The second-order valence-electron chi connectivity index (χ2n) is 15.8. The number of para-hydroxylation sites is 2. The first-order chi connectivity index (χ1) is 34.4. The predicted molar refractivity (Wildman–Crippen MR) is 272 cm³/mol. The fraction of sp³-hybridized carbons (Fsp3) is 0.107. The largest absolute Gasteiger partial charge is 0.504 e. The van der Waals surface area contributed by atoms with Gasteiger partial charge in [-0.2, -0.15) is 0 Å². The van der Waals surface area contributed by atoms with Crippen LogP contribution in [0.25, 0.3) is 43.1 Å². The van der Waals surface area contributed by atoms with Gasteiger partial charge in [-0.1, -0.05) is 130 Å². The molecule has 0 radical (unpaired) electrons. The van der Waals surface area contributed by atoms with E-state index in [-0.39, 0.29) is 62.3 Å². The van der Waals surface area contributed by atoms with Gasteiger partial charge in [-0.05, 0) is 91.6 Å². The maximum Gasteiger partial charge on any atom is 0.167 e. The van der Waals surface area contributed by atoms with E-state index in [4.69, 9.17) is 28.8 Å². The van der Waals surface area contributed by atoms with E-state index < -0.39 is 11.5 Å². The van der Waals surface area contributed by atoms with Crippen LogP contribution in [0.3, 0.4) is 0 Å². The van der Waals surface area contributed by atoms with E-state index in [0.29, 0.717) is 22.6 Å². The second-order valence-corrected chi connectivity index (χ2v) is 15.8. The van der Waals surface area contributed by atoms with Gasteiger partial charge in [0.2, 0.25) is 0 Å². The van der Waals surface area contributed by atoms with Gasteiger partial charge in [0.25, 0.3) is 0 Å². The van der Waals surface area contributed by atoms with Gasteiger partial charge < -0.3 is 49.3 Å². The van der Waals surface area contributed by atoms with Gasteiger partial charge in [0.1, 0.15) is 13.2 Å². The average molecular weight is 935 g/mol. The fourth-order valence-corrected chi connectivity index (χ4v) is 7.90. The van der Waals surface area contributed by atoms with Crippen LogP contribution >= 0.6 is 0 Å². The Morgan fingerprint density at radius 1 is 0.329 bits per heavy atom. The molecule has 0 aliphatic rings. The Hall–Kier alpha value is -9.30. The Kier molecular flexibility index (Phi) is 14.4. The van der Waals surface area contributed by atoms with Crippen molar-refractivity contribution in [1.29, 1.82) is 0 Å². The summed E-state index contributed by atoms with van der Waals surface area (Å²) in [6.07, 6.45) is 5.21. The molecule has 70 heavy (non-hydrogen) atoms. The van der Waals surface area contributed by atoms with Gasteiger partial charge in [-0.25, -0.2) is 0 Å². The van der Waals surface area contributed by atoms with Crippen LogP contribution in [0, 0.1) is 0 Å². The number of rotatable bonds is 20. The summed E-state index contributed by atoms with van der Waals surface area (Å²) in [5.41, 5.74) is 3.23. The summed E-state index contributed by atoms with van der Waals surface area (Å²) in [7, 11) is 0. The lowest BCUT2D eigenvalue weighted by molar-refractivity contribution is 0.0552. The van der Waals surface area contributed by atoms with Crippen molar-refractivity contribution in [3.63, 3.8) is 0 Å². The number of phenols is 4. The van der Waals surface area contributed by atoms with Gasteiger partial charge >= 0.3 is 0 Å². The molecule has 0 amide bonds. The Morgan fingerprint density at radius 2 is 0.629 bits per heavy atom. The highest BCUT2D eigenvalue weighted by atomic mass is 16.7. The molecule has 0 heterocycles. The van der Waals surface area contributed by atoms with Crippen LogP contribution in [-0.2, 0) is 32.6 Å². The molecule has 14 heteroatoms. The van der Waals surface area contributed by atoms with E-state index in [0.717, 1.165) is 54.2 Å². The molecule has 9 rings (SSSR count). The first kappa shape index (κ1) is 45.8. The van der Waals surface area contributed by atoms with Crippen LogP contribution in [0.4, 0.5) is 0 Å². The quantitative estimate of drug-likeness (QED) is 0.0188. The van der Waals surface area contributed by atoms with Crippen LogP contribution in [0.1, 0.15) is 33.4 Å². The van der Waals surface area contributed by atoms with Crippen molar-refractivity contribution in [2.24, 2.45) is 20.6 Å². The van der Waals surface area contributed by atoms with Crippen molar-refractivity contribution in [2.75, 3.05) is 26.4 Å². The highest BCUT2D eigenvalue weighted by Crippen LogP contribution is 2.36. The van der Waals surface area contributed by atoms with E-state index in [2.05, 4.69) is 81.3 Å². The molecule has 0 saturated heterocycles. The zero-order valence-corrected chi connectivity index (χ0v) is 37.6. The molecule has 0 bridgehead atoms. The molecule has 350 valence electrons. The standard InChI is InChI=1S/C56H46N4O10/c61-53-41(15-9-21-51(53)65-35-49-45-17-5-1-11-37(45)29-38-12-2-6-18-46(38)49)31-57-67-25-27-69-59-33-43-23-24-44(56(64)55(43)63)34-60-70-28-26-68-58-32-42-16-10-22-52(54(42)62)66-36-50-47-19-7-3-13-39(47)30-40-14-4-8-20-48(40)50/h1-24,29-34,61-64H,25-28,35-36H2/b57-31+,58-32+,59-33+,60-34+. The lowest BCUT2D eigenvalue weighted by Crippen LogP contribution is -2.00. The van der Waals surface area contributed by atoms with Crippen LogP contribution in [-0.4, -0.2) is 71.7 Å². The van der Waals surface area contributed by atoms with Crippen LogP contribution < -0.4 is 9.47 Å². The van der Waals surface area contributed by atoms with Gasteiger partial charge in [0.05, 0.1) is 24.9 Å². The first-order valence-electron chi connectivity index (χ1n) is 22.3. The summed E-state index contributed by atoms with van der Waals surface area (Å²) in [6.45, 7) is 0.591. The predicted octanol–water partition coefficient (Wildman–Crippen LogP) is 11.1. The number of hydrogen-bond donors (Lipinski definition) is 4. The molecule has 0 aliphatic heterocycles. The summed E-state index contributed by atoms with van der Waals surface area (Å²) in [5.74, 6) is -0.410. The molecule has 14 nitrogen and oxygen atoms in total. The molecule has 0 aliphatic carbocycles. The molecule has 9 aromatic carbocycles. The SMILES string of the molecule is Oc1c(/C=N/OCCO/N=C/c2ccc(/C=N/OCCO/N=C/c3cccc(OCc4c5ccccc5cc5ccccc45)c3O)c(O)c2O)cccc1OCc1c2ccccc2cc2ccccc12. The van der Waals surface area contributed by atoms with Crippen molar-refractivity contribution in [1.82, 2.24) is 0 Å². The van der Waals surface area contributed by atoms with Crippen molar-refractivity contribution < 1.29 is 49.3 Å². The van der Waals surface area contributed by atoms with E-state index in [1.54, 1.807) is 36.4 Å². The van der Waals surface area contributed by atoms with Crippen LogP contribution in [0.2, 0.25) is 0 Å². The zero-order chi connectivity index (χ0) is 48.1. The minimum atomic E-state index is -0.439. The second kappa shape index (κ2) is 22.0.